The molecule has 0 radical (unpaired) electrons. The Balaban J connectivity index is 2.18. The predicted molar refractivity (Wildman–Crippen MR) is 60.1 cm³/mol. The number of benzene rings is 1. The number of para-hydroxylation sites is 1. The van der Waals surface area contributed by atoms with E-state index in [4.69, 9.17) is 4.42 Å². The molecule has 0 N–H and O–H groups in total. The van der Waals surface area contributed by atoms with Gasteiger partial charge in [-0.05, 0) is 12.1 Å². The second-order valence-corrected chi connectivity index (χ2v) is 3.58. The minimum atomic E-state index is -0.375. The van der Waals surface area contributed by atoms with E-state index in [2.05, 4.69) is 4.74 Å². The van der Waals surface area contributed by atoms with Crippen LogP contribution in [0.1, 0.15) is 5.76 Å². The van der Waals surface area contributed by atoms with E-state index in [-0.39, 0.29) is 6.09 Å². The molecule has 0 atom stereocenters. The van der Waals surface area contributed by atoms with Crippen LogP contribution in [-0.4, -0.2) is 25.2 Å². The molecule has 0 unspecified atom stereocenters. The van der Waals surface area contributed by atoms with E-state index in [1.54, 1.807) is 7.05 Å². The van der Waals surface area contributed by atoms with Crippen LogP contribution in [-0.2, 0) is 11.3 Å². The lowest BCUT2D eigenvalue weighted by atomic mass is 10.2. The molecule has 84 valence electrons. The second-order valence-electron chi connectivity index (χ2n) is 3.58. The average molecular weight is 219 g/mol. The van der Waals surface area contributed by atoms with Crippen molar-refractivity contribution in [1.29, 1.82) is 0 Å². The number of hydrogen-bond donors (Lipinski definition) is 0. The zero-order chi connectivity index (χ0) is 11.5. The first-order valence-corrected chi connectivity index (χ1v) is 4.97. The van der Waals surface area contributed by atoms with Gasteiger partial charge in [0.1, 0.15) is 11.3 Å². The van der Waals surface area contributed by atoms with Crippen molar-refractivity contribution in [2.24, 2.45) is 0 Å². The molecule has 4 heteroatoms. The molecule has 0 aliphatic carbocycles. The molecule has 0 saturated carbocycles. The Hall–Kier alpha value is -1.97. The van der Waals surface area contributed by atoms with Gasteiger partial charge in [0, 0.05) is 12.4 Å². The van der Waals surface area contributed by atoms with Gasteiger partial charge in [0.2, 0.25) is 0 Å². The van der Waals surface area contributed by atoms with E-state index in [1.165, 1.54) is 12.0 Å². The lowest BCUT2D eigenvalue weighted by Gasteiger charge is -2.12. The SMILES string of the molecule is COC(=O)N(C)Cc1cc2ccccc2o1. The van der Waals surface area contributed by atoms with Crippen LogP contribution in [0, 0.1) is 0 Å². The van der Waals surface area contributed by atoms with Crippen LogP contribution < -0.4 is 0 Å². The summed E-state index contributed by atoms with van der Waals surface area (Å²) in [5.74, 6) is 0.745. The minimum absolute atomic E-state index is 0.375. The highest BCUT2D eigenvalue weighted by atomic mass is 16.5. The van der Waals surface area contributed by atoms with Crippen LogP contribution in [0.25, 0.3) is 11.0 Å². The molecule has 0 aliphatic heterocycles. The number of carbonyl (C=O) groups is 1. The number of hydrogen-bond acceptors (Lipinski definition) is 3. The van der Waals surface area contributed by atoms with Crippen LogP contribution in [0.15, 0.2) is 34.7 Å². The Labute approximate surface area is 93.4 Å². The quantitative estimate of drug-likeness (QED) is 0.779. The van der Waals surface area contributed by atoms with Gasteiger partial charge in [-0.3, -0.25) is 0 Å². The number of furan rings is 1. The van der Waals surface area contributed by atoms with E-state index in [1.807, 2.05) is 30.3 Å². The molecule has 0 bridgehead atoms. The largest absolute Gasteiger partial charge is 0.459 e. The van der Waals surface area contributed by atoms with Crippen LogP contribution in [0.4, 0.5) is 4.79 Å². The van der Waals surface area contributed by atoms with Crippen LogP contribution in [0.2, 0.25) is 0 Å². The summed E-state index contributed by atoms with van der Waals surface area (Å²) in [7, 11) is 3.02. The lowest BCUT2D eigenvalue weighted by Crippen LogP contribution is -2.25. The highest BCUT2D eigenvalue weighted by Crippen LogP contribution is 2.19. The number of amides is 1. The number of nitrogens with zero attached hydrogens (tertiary/aromatic N) is 1. The number of ether oxygens (including phenoxy) is 1. The maximum absolute atomic E-state index is 11.2. The molecule has 2 rings (SSSR count). The molecule has 1 amide bonds. The second kappa shape index (κ2) is 4.26. The van der Waals surface area contributed by atoms with Gasteiger partial charge in [-0.2, -0.15) is 0 Å². The smallest absolute Gasteiger partial charge is 0.409 e. The molecule has 0 saturated heterocycles. The maximum atomic E-state index is 11.2. The Morgan fingerprint density at radius 2 is 2.19 bits per heavy atom. The first kappa shape index (κ1) is 10.5. The summed E-state index contributed by atoms with van der Waals surface area (Å²) in [5.41, 5.74) is 0.829. The van der Waals surface area contributed by atoms with Gasteiger partial charge in [-0.25, -0.2) is 4.79 Å². The zero-order valence-electron chi connectivity index (χ0n) is 9.27. The topological polar surface area (TPSA) is 42.7 Å². The van der Waals surface area contributed by atoms with Crippen LogP contribution in [0.5, 0.6) is 0 Å². The van der Waals surface area contributed by atoms with Crippen molar-refractivity contribution >= 4 is 17.1 Å². The standard InChI is InChI=1S/C12H13NO3/c1-13(12(14)15-2)8-10-7-9-5-3-4-6-11(9)16-10/h3-7H,8H2,1-2H3. The molecule has 1 aromatic carbocycles. The predicted octanol–water partition coefficient (Wildman–Crippen LogP) is 2.63. The van der Waals surface area contributed by atoms with Crippen molar-refractivity contribution in [3.63, 3.8) is 0 Å². The Bertz CT molecular complexity index is 471. The molecular formula is C12H13NO3. The Kier molecular flexibility index (Phi) is 2.81. The summed E-state index contributed by atoms with van der Waals surface area (Å²) in [6.07, 6.45) is -0.375. The molecular weight excluding hydrogens is 206 g/mol. The molecule has 16 heavy (non-hydrogen) atoms. The monoisotopic (exact) mass is 219 g/mol. The average Bonchev–Trinajstić information content (AvgIpc) is 2.69. The van der Waals surface area contributed by atoms with Gasteiger partial charge in [0.15, 0.2) is 0 Å². The summed E-state index contributed by atoms with van der Waals surface area (Å²) >= 11 is 0. The fourth-order valence-corrected chi connectivity index (χ4v) is 1.57. The van der Waals surface area contributed by atoms with Crippen LogP contribution >= 0.6 is 0 Å². The normalized spacial score (nSPS) is 10.4. The summed E-state index contributed by atoms with van der Waals surface area (Å²) in [4.78, 5) is 12.6. The third-order valence-corrected chi connectivity index (χ3v) is 2.36. The van der Waals surface area contributed by atoms with E-state index in [9.17, 15) is 4.79 Å². The van der Waals surface area contributed by atoms with Gasteiger partial charge < -0.3 is 14.1 Å². The first-order valence-electron chi connectivity index (χ1n) is 4.97. The van der Waals surface area contributed by atoms with Gasteiger partial charge >= 0.3 is 6.09 Å². The van der Waals surface area contributed by atoms with Gasteiger partial charge in [-0.1, -0.05) is 18.2 Å². The summed E-state index contributed by atoms with van der Waals surface area (Å²) in [5, 5.41) is 1.04. The van der Waals surface area contributed by atoms with Gasteiger partial charge in [0.25, 0.3) is 0 Å². The molecule has 1 aromatic heterocycles. The molecule has 2 aromatic rings. The van der Waals surface area contributed by atoms with Gasteiger partial charge in [0.05, 0.1) is 13.7 Å². The van der Waals surface area contributed by atoms with E-state index >= 15 is 0 Å². The maximum Gasteiger partial charge on any atom is 0.409 e. The van der Waals surface area contributed by atoms with Crippen molar-refractivity contribution < 1.29 is 13.9 Å². The summed E-state index contributed by atoms with van der Waals surface area (Å²) < 4.78 is 10.2. The Morgan fingerprint density at radius 3 is 2.88 bits per heavy atom. The molecule has 1 heterocycles. The number of carbonyl (C=O) groups excluding carboxylic acids is 1. The van der Waals surface area contributed by atoms with Gasteiger partial charge in [-0.15, -0.1) is 0 Å². The van der Waals surface area contributed by atoms with E-state index in [0.717, 1.165) is 16.7 Å². The number of rotatable bonds is 2. The van der Waals surface area contributed by atoms with E-state index < -0.39 is 0 Å². The van der Waals surface area contributed by atoms with Crippen molar-refractivity contribution in [2.75, 3.05) is 14.2 Å². The molecule has 0 fully saturated rings. The number of methoxy groups -OCH3 is 1. The zero-order valence-corrected chi connectivity index (χ0v) is 9.27. The first-order chi connectivity index (χ1) is 7.70. The van der Waals surface area contributed by atoms with Crippen molar-refractivity contribution in [3.8, 4) is 0 Å². The highest BCUT2D eigenvalue weighted by molar-refractivity contribution is 5.77. The van der Waals surface area contributed by atoms with Crippen molar-refractivity contribution in [2.45, 2.75) is 6.54 Å². The van der Waals surface area contributed by atoms with Crippen molar-refractivity contribution in [3.05, 3.63) is 36.1 Å². The molecule has 0 aliphatic rings. The third-order valence-electron chi connectivity index (χ3n) is 2.36. The fraction of sp³-hybridized carbons (Fsp3) is 0.250. The molecule has 0 spiro atoms. The summed E-state index contributed by atoms with van der Waals surface area (Å²) in [6, 6.07) is 9.66. The highest BCUT2D eigenvalue weighted by Gasteiger charge is 2.11. The minimum Gasteiger partial charge on any atom is -0.459 e. The van der Waals surface area contributed by atoms with E-state index in [0.29, 0.717) is 6.54 Å². The third kappa shape index (κ3) is 2.00. The van der Waals surface area contributed by atoms with Crippen molar-refractivity contribution in [1.82, 2.24) is 4.90 Å². The summed E-state index contributed by atoms with van der Waals surface area (Å²) in [6.45, 7) is 0.404. The van der Waals surface area contributed by atoms with Crippen LogP contribution in [0.3, 0.4) is 0 Å². The Morgan fingerprint density at radius 1 is 1.44 bits per heavy atom. The molecule has 4 nitrogen and oxygen atoms in total. The number of fused-ring (bicyclic) bond motifs is 1. The fourth-order valence-electron chi connectivity index (χ4n) is 1.57. The lowest BCUT2D eigenvalue weighted by molar-refractivity contribution is 0.128.